The minimum absolute atomic E-state index is 0. The molecule has 33 heavy (non-hydrogen) atoms. The molecule has 0 aliphatic carbocycles. The minimum atomic E-state index is 0. The van der Waals surface area contributed by atoms with E-state index in [1.165, 1.54) is 140 Å². The topological polar surface area (TPSA) is 17.8 Å². The van der Waals surface area contributed by atoms with Crippen LogP contribution in [-0.2, 0) is 6.54 Å². The Bertz CT molecular complexity index is 666. The first kappa shape index (κ1) is 30.2. The summed E-state index contributed by atoms with van der Waals surface area (Å²) in [6.45, 7) is 3.41. The summed E-state index contributed by atoms with van der Waals surface area (Å²) in [5.41, 5.74) is 2.40. The number of hydrogen-bond acceptors (Lipinski definition) is 1. The first-order valence-electron chi connectivity index (χ1n) is 14.3. The average molecular weight is 522 g/mol. The van der Waals surface area contributed by atoms with Crippen molar-refractivity contribution in [1.82, 2.24) is 9.55 Å². The van der Waals surface area contributed by atoms with Crippen LogP contribution in [0.1, 0.15) is 142 Å². The fraction of sp³-hybridized carbons (Fsp3) is 0.767. The van der Waals surface area contributed by atoms with E-state index < -0.39 is 0 Å². The fourth-order valence-corrected chi connectivity index (χ4v) is 4.90. The highest BCUT2D eigenvalue weighted by Gasteiger charge is 2.01. The third-order valence-electron chi connectivity index (χ3n) is 7.03. The zero-order valence-electron chi connectivity index (χ0n) is 21.7. The minimum Gasteiger partial charge on any atom is -0.331 e. The van der Waals surface area contributed by atoms with Crippen molar-refractivity contribution in [3.8, 4) is 0 Å². The number of aryl methyl sites for hydroxylation is 1. The lowest BCUT2D eigenvalue weighted by Crippen LogP contribution is -1.95. The molecule has 0 N–H and O–H groups in total. The number of imidazole rings is 1. The second kappa shape index (κ2) is 21.7. The summed E-state index contributed by atoms with van der Waals surface area (Å²) in [6.07, 6.45) is 32.3. The van der Waals surface area contributed by atoms with Gasteiger partial charge in [-0.15, -0.1) is 17.0 Å². The molecule has 0 saturated heterocycles. The van der Waals surface area contributed by atoms with Crippen molar-refractivity contribution in [3.05, 3.63) is 30.6 Å². The highest BCUT2D eigenvalue weighted by atomic mass is 79.9. The maximum atomic E-state index is 4.49. The summed E-state index contributed by atoms with van der Waals surface area (Å²) in [4.78, 5) is 4.49. The first-order chi connectivity index (χ1) is 15.9. The summed E-state index contributed by atoms with van der Waals surface area (Å²) in [7, 11) is 0. The third kappa shape index (κ3) is 14.9. The summed E-state index contributed by atoms with van der Waals surface area (Å²) in [5.74, 6) is 0. The maximum absolute atomic E-state index is 4.49. The van der Waals surface area contributed by atoms with Gasteiger partial charge in [0.1, 0.15) is 0 Å². The van der Waals surface area contributed by atoms with Gasteiger partial charge in [0.15, 0.2) is 0 Å². The van der Waals surface area contributed by atoms with Crippen molar-refractivity contribution in [2.24, 2.45) is 0 Å². The molecule has 190 valence electrons. The number of hydrogen-bond donors (Lipinski definition) is 0. The molecule has 1 aromatic carbocycles. The number of rotatable bonds is 22. The van der Waals surface area contributed by atoms with E-state index >= 15 is 0 Å². The van der Waals surface area contributed by atoms with Crippen LogP contribution >= 0.6 is 17.0 Å². The molecule has 0 amide bonds. The van der Waals surface area contributed by atoms with Gasteiger partial charge in [-0.3, -0.25) is 0 Å². The number of aromatic nitrogens is 2. The van der Waals surface area contributed by atoms with Crippen molar-refractivity contribution in [1.29, 1.82) is 0 Å². The monoisotopic (exact) mass is 520 g/mol. The second-order valence-electron chi connectivity index (χ2n) is 10.00. The number of fused-ring (bicyclic) bond motifs is 1. The lowest BCUT2D eigenvalue weighted by Gasteiger charge is -2.05. The first-order valence-corrected chi connectivity index (χ1v) is 14.3. The molecule has 0 bridgehead atoms. The van der Waals surface area contributed by atoms with Gasteiger partial charge in [0.25, 0.3) is 0 Å². The van der Waals surface area contributed by atoms with Gasteiger partial charge in [0.2, 0.25) is 0 Å². The van der Waals surface area contributed by atoms with E-state index in [0.717, 1.165) is 12.1 Å². The van der Waals surface area contributed by atoms with Crippen LogP contribution in [0.5, 0.6) is 0 Å². The van der Waals surface area contributed by atoms with Crippen LogP contribution in [0.3, 0.4) is 0 Å². The lowest BCUT2D eigenvalue weighted by molar-refractivity contribution is 0.516. The largest absolute Gasteiger partial charge is 0.331 e. The normalized spacial score (nSPS) is 11.2. The number of nitrogens with zero attached hydrogens (tertiary/aromatic N) is 2. The Balaban J connectivity index is 0.00000544. The van der Waals surface area contributed by atoms with E-state index in [4.69, 9.17) is 0 Å². The molecular formula is C30H53BrN2. The van der Waals surface area contributed by atoms with Gasteiger partial charge in [-0.1, -0.05) is 147 Å². The third-order valence-corrected chi connectivity index (χ3v) is 7.03. The van der Waals surface area contributed by atoms with Crippen LogP contribution in [0.2, 0.25) is 0 Å². The van der Waals surface area contributed by atoms with Crippen LogP contribution in [-0.4, -0.2) is 9.55 Å². The Hall–Kier alpha value is -0.830. The van der Waals surface area contributed by atoms with Gasteiger partial charge >= 0.3 is 0 Å². The van der Waals surface area contributed by atoms with Gasteiger partial charge < -0.3 is 4.57 Å². The van der Waals surface area contributed by atoms with E-state index in [9.17, 15) is 0 Å². The van der Waals surface area contributed by atoms with Crippen molar-refractivity contribution >= 4 is 28.0 Å². The van der Waals surface area contributed by atoms with Gasteiger partial charge in [0, 0.05) is 6.54 Å². The van der Waals surface area contributed by atoms with Crippen LogP contribution in [0, 0.1) is 0 Å². The zero-order valence-corrected chi connectivity index (χ0v) is 23.5. The zero-order chi connectivity index (χ0) is 22.5. The summed E-state index contributed by atoms with van der Waals surface area (Å²) >= 11 is 0. The van der Waals surface area contributed by atoms with Gasteiger partial charge in [0.05, 0.1) is 17.4 Å². The molecule has 2 aromatic rings. The highest BCUT2D eigenvalue weighted by Crippen LogP contribution is 2.16. The molecule has 3 heteroatoms. The summed E-state index contributed by atoms with van der Waals surface area (Å²) in [5, 5.41) is 0. The van der Waals surface area contributed by atoms with Crippen LogP contribution in [0.15, 0.2) is 30.6 Å². The maximum Gasteiger partial charge on any atom is 0.0958 e. The van der Waals surface area contributed by atoms with E-state index in [0.29, 0.717) is 0 Å². The van der Waals surface area contributed by atoms with E-state index in [-0.39, 0.29) is 17.0 Å². The lowest BCUT2D eigenvalue weighted by atomic mass is 10.0. The van der Waals surface area contributed by atoms with Gasteiger partial charge in [-0.2, -0.15) is 0 Å². The molecule has 0 saturated carbocycles. The van der Waals surface area contributed by atoms with Crippen molar-refractivity contribution in [3.63, 3.8) is 0 Å². The number of unbranched alkanes of at least 4 members (excludes halogenated alkanes) is 20. The summed E-state index contributed by atoms with van der Waals surface area (Å²) in [6, 6.07) is 8.46. The molecular weight excluding hydrogens is 468 g/mol. The molecule has 2 rings (SSSR count). The molecule has 0 aliphatic heterocycles. The Labute approximate surface area is 216 Å². The molecule has 0 radical (unpaired) electrons. The SMILES string of the molecule is Br.CCCCCCCCCCCCCCCCCCCCCCCn1cnc2ccccc21. The molecule has 0 atom stereocenters. The molecule has 2 nitrogen and oxygen atoms in total. The quantitative estimate of drug-likeness (QED) is 0.141. The number of halogens is 1. The number of benzene rings is 1. The van der Waals surface area contributed by atoms with Crippen LogP contribution in [0.25, 0.3) is 11.0 Å². The number of para-hydroxylation sites is 2. The van der Waals surface area contributed by atoms with Gasteiger partial charge in [-0.25, -0.2) is 4.98 Å². The molecule has 1 heterocycles. The Morgan fingerprint density at radius 3 is 1.39 bits per heavy atom. The molecule has 0 spiro atoms. The molecule has 0 aliphatic rings. The smallest absolute Gasteiger partial charge is 0.0958 e. The van der Waals surface area contributed by atoms with Crippen molar-refractivity contribution in [2.45, 2.75) is 148 Å². The predicted octanol–water partition coefficient (Wildman–Crippen LogP) is 10.8. The molecule has 0 unspecified atom stereocenters. The Kier molecular flexibility index (Phi) is 19.8. The van der Waals surface area contributed by atoms with Crippen LogP contribution < -0.4 is 0 Å². The molecule has 1 aromatic heterocycles. The highest BCUT2D eigenvalue weighted by molar-refractivity contribution is 8.93. The predicted molar refractivity (Wildman–Crippen MR) is 153 cm³/mol. The second-order valence-corrected chi connectivity index (χ2v) is 10.00. The fourth-order valence-electron chi connectivity index (χ4n) is 4.90. The van der Waals surface area contributed by atoms with Gasteiger partial charge in [-0.05, 0) is 18.6 Å². The summed E-state index contributed by atoms with van der Waals surface area (Å²) < 4.78 is 2.31. The molecule has 0 fully saturated rings. The van der Waals surface area contributed by atoms with E-state index in [1.807, 2.05) is 6.33 Å². The van der Waals surface area contributed by atoms with Crippen molar-refractivity contribution in [2.75, 3.05) is 0 Å². The van der Waals surface area contributed by atoms with Crippen LogP contribution in [0.4, 0.5) is 0 Å². The Morgan fingerprint density at radius 1 is 0.545 bits per heavy atom. The Morgan fingerprint density at radius 2 is 0.939 bits per heavy atom. The standard InChI is InChI=1S/C30H52N2.BrH/c1-2-3-4-5-6-7-8-9-10-11-12-13-14-15-16-17-18-19-20-21-24-27-32-28-31-29-25-22-23-26-30(29)32;/h22-23,25-26,28H,2-21,24,27H2,1H3;1H. The van der Waals surface area contributed by atoms with E-state index in [2.05, 4.69) is 40.7 Å². The van der Waals surface area contributed by atoms with Crippen molar-refractivity contribution < 1.29 is 0 Å². The average Bonchev–Trinajstić information content (AvgIpc) is 3.23. The van der Waals surface area contributed by atoms with E-state index in [1.54, 1.807) is 0 Å².